The molecule has 0 radical (unpaired) electrons. The molecular weight excluding hydrogens is 364 g/mol. The van der Waals surface area contributed by atoms with Crippen molar-refractivity contribution >= 4 is 34.0 Å². The third-order valence-electron chi connectivity index (χ3n) is 3.85. The number of aromatic amines is 1. The fraction of sp³-hybridized carbons (Fsp3) is 0.158. The average molecular weight is 382 g/mol. The van der Waals surface area contributed by atoms with Gasteiger partial charge >= 0.3 is 0 Å². The molecule has 3 aromatic rings. The molecule has 3 rings (SSSR count). The Labute approximate surface area is 159 Å². The van der Waals surface area contributed by atoms with E-state index in [4.69, 9.17) is 0 Å². The Bertz CT molecular complexity index is 1030. The van der Waals surface area contributed by atoms with Crippen LogP contribution in [-0.4, -0.2) is 21.8 Å². The molecule has 2 heterocycles. The van der Waals surface area contributed by atoms with E-state index >= 15 is 0 Å². The van der Waals surface area contributed by atoms with Crippen molar-refractivity contribution in [3.63, 3.8) is 0 Å². The predicted octanol–water partition coefficient (Wildman–Crippen LogP) is 2.83. The molecule has 0 spiro atoms. The summed E-state index contributed by atoms with van der Waals surface area (Å²) in [5, 5.41) is 7.50. The maximum absolute atomic E-state index is 12.3. The topological polar surface area (TPSA) is 104 Å². The summed E-state index contributed by atoms with van der Waals surface area (Å²) in [6.45, 7) is 2.03. The van der Waals surface area contributed by atoms with Crippen LogP contribution in [0.1, 0.15) is 28.5 Å². The monoisotopic (exact) mass is 382 g/mol. The van der Waals surface area contributed by atoms with E-state index in [9.17, 15) is 14.4 Å². The number of nitrogens with zero attached hydrogens (tertiary/aromatic N) is 1. The van der Waals surface area contributed by atoms with E-state index in [1.165, 1.54) is 23.6 Å². The number of anilines is 2. The lowest BCUT2D eigenvalue weighted by Crippen LogP contribution is -2.22. The fourth-order valence-electron chi connectivity index (χ4n) is 2.52. The number of pyridine rings is 1. The molecule has 0 unspecified atom stereocenters. The van der Waals surface area contributed by atoms with Crippen LogP contribution in [0.4, 0.5) is 10.8 Å². The molecule has 8 heteroatoms. The first kappa shape index (κ1) is 18.5. The summed E-state index contributed by atoms with van der Waals surface area (Å²) in [6.07, 6.45) is 2.37. The Morgan fingerprint density at radius 3 is 2.74 bits per heavy atom. The number of carbonyl (C=O) groups excluding carboxylic acids is 2. The molecule has 0 atom stereocenters. The van der Waals surface area contributed by atoms with Gasteiger partial charge in [0.05, 0.1) is 12.1 Å². The average Bonchev–Trinajstić information content (AvgIpc) is 3.09. The van der Waals surface area contributed by atoms with Crippen LogP contribution in [0.5, 0.6) is 0 Å². The van der Waals surface area contributed by atoms with Gasteiger partial charge in [-0.15, -0.1) is 11.3 Å². The second-order valence-electron chi connectivity index (χ2n) is 5.75. The van der Waals surface area contributed by atoms with Crippen molar-refractivity contribution in [2.24, 2.45) is 0 Å². The van der Waals surface area contributed by atoms with Crippen molar-refractivity contribution in [2.75, 3.05) is 10.6 Å². The van der Waals surface area contributed by atoms with Gasteiger partial charge in [0, 0.05) is 17.3 Å². The van der Waals surface area contributed by atoms with Crippen molar-refractivity contribution in [3.05, 3.63) is 75.1 Å². The summed E-state index contributed by atoms with van der Waals surface area (Å²) in [4.78, 5) is 42.7. The third-order valence-corrected chi connectivity index (χ3v) is 4.66. The lowest BCUT2D eigenvalue weighted by Gasteiger charge is -2.08. The molecule has 0 aliphatic rings. The molecule has 0 saturated carbocycles. The van der Waals surface area contributed by atoms with Crippen molar-refractivity contribution in [2.45, 2.75) is 19.8 Å². The van der Waals surface area contributed by atoms with E-state index in [1.807, 2.05) is 31.2 Å². The Morgan fingerprint density at radius 1 is 1.15 bits per heavy atom. The molecule has 7 nitrogen and oxygen atoms in total. The highest BCUT2D eigenvalue weighted by atomic mass is 32.1. The highest BCUT2D eigenvalue weighted by molar-refractivity contribution is 7.14. The zero-order valence-corrected chi connectivity index (χ0v) is 15.4. The Kier molecular flexibility index (Phi) is 5.77. The van der Waals surface area contributed by atoms with Gasteiger partial charge < -0.3 is 10.3 Å². The zero-order valence-electron chi connectivity index (χ0n) is 14.6. The second kappa shape index (κ2) is 8.41. The minimum atomic E-state index is -0.543. The summed E-state index contributed by atoms with van der Waals surface area (Å²) in [7, 11) is 0. The van der Waals surface area contributed by atoms with Gasteiger partial charge in [0.15, 0.2) is 5.13 Å². The molecule has 0 fully saturated rings. The summed E-state index contributed by atoms with van der Waals surface area (Å²) in [5.74, 6) is -0.724. The Hall–Kier alpha value is -3.26. The number of aryl methyl sites for hydroxylation is 1. The lowest BCUT2D eigenvalue weighted by molar-refractivity contribution is -0.115. The highest BCUT2D eigenvalue weighted by Gasteiger charge is 2.14. The predicted molar refractivity (Wildman–Crippen MR) is 105 cm³/mol. The SMILES string of the molecule is CCc1ccccc1NC(=O)Cc1csc(NC(=O)c2ccc[nH]c2=O)n1. The van der Waals surface area contributed by atoms with Gasteiger partial charge in [-0.25, -0.2) is 4.98 Å². The minimum Gasteiger partial charge on any atom is -0.328 e. The van der Waals surface area contributed by atoms with E-state index in [2.05, 4.69) is 20.6 Å². The van der Waals surface area contributed by atoms with Gasteiger partial charge in [-0.3, -0.25) is 19.7 Å². The van der Waals surface area contributed by atoms with Crippen LogP contribution < -0.4 is 16.2 Å². The molecule has 2 aromatic heterocycles. The van der Waals surface area contributed by atoms with E-state index < -0.39 is 11.5 Å². The maximum atomic E-state index is 12.3. The largest absolute Gasteiger partial charge is 0.328 e. The van der Waals surface area contributed by atoms with Gasteiger partial charge in [-0.2, -0.15) is 0 Å². The molecular formula is C19H18N4O3S. The van der Waals surface area contributed by atoms with Gasteiger partial charge in [-0.1, -0.05) is 25.1 Å². The first-order chi connectivity index (χ1) is 13.1. The number of benzene rings is 1. The first-order valence-corrected chi connectivity index (χ1v) is 9.26. The number of amides is 2. The van der Waals surface area contributed by atoms with Crippen molar-refractivity contribution in [1.29, 1.82) is 0 Å². The Morgan fingerprint density at radius 2 is 1.96 bits per heavy atom. The number of aromatic nitrogens is 2. The number of thiazole rings is 1. The van der Waals surface area contributed by atoms with Crippen molar-refractivity contribution < 1.29 is 9.59 Å². The van der Waals surface area contributed by atoms with Crippen LogP contribution in [0.2, 0.25) is 0 Å². The van der Waals surface area contributed by atoms with Crippen LogP contribution >= 0.6 is 11.3 Å². The lowest BCUT2D eigenvalue weighted by atomic mass is 10.1. The van der Waals surface area contributed by atoms with Gasteiger partial charge in [0.1, 0.15) is 5.56 Å². The van der Waals surface area contributed by atoms with Gasteiger partial charge in [-0.05, 0) is 30.2 Å². The smallest absolute Gasteiger partial charge is 0.263 e. The standard InChI is InChI=1S/C19H18N4O3S/c1-2-12-6-3-4-8-15(12)22-16(24)10-13-11-27-19(21-13)23-18(26)14-7-5-9-20-17(14)25/h3-9,11H,2,10H2,1H3,(H,20,25)(H,22,24)(H,21,23,26). The van der Waals surface area contributed by atoms with E-state index in [-0.39, 0.29) is 17.9 Å². The number of para-hydroxylation sites is 1. The van der Waals surface area contributed by atoms with Crippen molar-refractivity contribution in [1.82, 2.24) is 9.97 Å². The number of hydrogen-bond donors (Lipinski definition) is 3. The molecule has 3 N–H and O–H groups in total. The third kappa shape index (κ3) is 4.68. The molecule has 2 amide bonds. The molecule has 27 heavy (non-hydrogen) atoms. The quantitative estimate of drug-likeness (QED) is 0.610. The molecule has 0 aliphatic heterocycles. The molecule has 0 saturated heterocycles. The van der Waals surface area contributed by atoms with Gasteiger partial charge in [0.25, 0.3) is 11.5 Å². The van der Waals surface area contributed by atoms with E-state index in [0.29, 0.717) is 10.8 Å². The number of carbonyl (C=O) groups is 2. The number of nitrogens with one attached hydrogen (secondary N) is 3. The van der Waals surface area contributed by atoms with E-state index in [1.54, 1.807) is 11.4 Å². The minimum absolute atomic E-state index is 0.00293. The highest BCUT2D eigenvalue weighted by Crippen LogP contribution is 2.18. The van der Waals surface area contributed by atoms with Gasteiger partial charge in [0.2, 0.25) is 5.91 Å². The molecule has 1 aromatic carbocycles. The normalized spacial score (nSPS) is 10.4. The molecule has 0 aliphatic carbocycles. The van der Waals surface area contributed by atoms with Crippen LogP contribution in [0, 0.1) is 0 Å². The molecule has 138 valence electrons. The summed E-state index contributed by atoms with van der Waals surface area (Å²) >= 11 is 1.20. The number of hydrogen-bond acceptors (Lipinski definition) is 5. The number of H-pyrrole nitrogens is 1. The van der Waals surface area contributed by atoms with E-state index in [0.717, 1.165) is 17.7 Å². The second-order valence-corrected chi connectivity index (χ2v) is 6.60. The number of rotatable bonds is 6. The van der Waals surface area contributed by atoms with Crippen LogP contribution in [0.15, 0.2) is 52.8 Å². The fourth-order valence-corrected chi connectivity index (χ4v) is 3.23. The maximum Gasteiger partial charge on any atom is 0.263 e. The Balaban J connectivity index is 1.62. The van der Waals surface area contributed by atoms with Crippen LogP contribution in [0.3, 0.4) is 0 Å². The zero-order chi connectivity index (χ0) is 19.2. The summed E-state index contributed by atoms with van der Waals surface area (Å²) < 4.78 is 0. The summed E-state index contributed by atoms with van der Waals surface area (Å²) in [5.41, 5.74) is 1.93. The molecule has 0 bridgehead atoms. The summed E-state index contributed by atoms with van der Waals surface area (Å²) in [6, 6.07) is 10.6. The van der Waals surface area contributed by atoms with Crippen LogP contribution in [0.25, 0.3) is 0 Å². The first-order valence-electron chi connectivity index (χ1n) is 8.38. The van der Waals surface area contributed by atoms with Crippen molar-refractivity contribution in [3.8, 4) is 0 Å². The van der Waals surface area contributed by atoms with Crippen LogP contribution in [-0.2, 0) is 17.6 Å².